The minimum atomic E-state index is 0.532. The van der Waals surface area contributed by atoms with Crippen LogP contribution in [0, 0.1) is 0 Å². The van der Waals surface area contributed by atoms with Crippen molar-refractivity contribution in [1.82, 2.24) is 14.8 Å². The van der Waals surface area contributed by atoms with Gasteiger partial charge in [-0.2, -0.15) is 0 Å². The molecule has 0 radical (unpaired) electrons. The number of fused-ring (bicyclic) bond motifs is 1. The lowest BCUT2D eigenvalue weighted by molar-refractivity contribution is 0.0456. The summed E-state index contributed by atoms with van der Waals surface area (Å²) in [6.07, 6.45) is 6.05. The monoisotopic (exact) mass is 260 g/mol. The maximum absolute atomic E-state index is 5.66. The van der Waals surface area contributed by atoms with Crippen LogP contribution in [0.25, 0.3) is 0 Å². The number of piperazine rings is 1. The van der Waals surface area contributed by atoms with E-state index in [1.807, 2.05) is 6.20 Å². The van der Waals surface area contributed by atoms with Gasteiger partial charge < -0.3 is 5.73 Å². The molecule has 2 aliphatic heterocycles. The highest BCUT2D eigenvalue weighted by atomic mass is 15.3. The smallest absolute Gasteiger partial charge is 0.0542 e. The molecule has 0 amide bonds. The predicted octanol–water partition coefficient (Wildman–Crippen LogP) is 1.21. The van der Waals surface area contributed by atoms with Crippen molar-refractivity contribution in [2.45, 2.75) is 38.4 Å². The molecule has 104 valence electrons. The van der Waals surface area contributed by atoms with Crippen LogP contribution in [-0.4, -0.2) is 47.0 Å². The van der Waals surface area contributed by atoms with Crippen molar-refractivity contribution in [3.05, 3.63) is 29.6 Å². The van der Waals surface area contributed by atoms with Crippen molar-refractivity contribution in [1.29, 1.82) is 0 Å². The normalized spacial score (nSPS) is 25.2. The van der Waals surface area contributed by atoms with Gasteiger partial charge in [-0.15, -0.1) is 0 Å². The zero-order chi connectivity index (χ0) is 13.1. The van der Waals surface area contributed by atoms with Crippen molar-refractivity contribution in [2.24, 2.45) is 5.73 Å². The molecule has 2 fully saturated rings. The summed E-state index contributed by atoms with van der Waals surface area (Å²) < 4.78 is 0. The molecular formula is C15H24N4. The summed E-state index contributed by atoms with van der Waals surface area (Å²) in [7, 11) is 0. The van der Waals surface area contributed by atoms with Crippen LogP contribution in [-0.2, 0) is 13.1 Å². The van der Waals surface area contributed by atoms with Gasteiger partial charge in [0.2, 0.25) is 0 Å². The van der Waals surface area contributed by atoms with Crippen molar-refractivity contribution in [2.75, 3.05) is 26.2 Å². The molecule has 0 aromatic carbocycles. The summed E-state index contributed by atoms with van der Waals surface area (Å²) in [4.78, 5) is 9.53. The zero-order valence-electron chi connectivity index (χ0n) is 11.6. The average Bonchev–Trinajstić information content (AvgIpc) is 2.47. The van der Waals surface area contributed by atoms with Gasteiger partial charge >= 0.3 is 0 Å². The second-order valence-electron chi connectivity index (χ2n) is 5.78. The van der Waals surface area contributed by atoms with Gasteiger partial charge in [-0.3, -0.25) is 14.8 Å². The van der Waals surface area contributed by atoms with E-state index >= 15 is 0 Å². The summed E-state index contributed by atoms with van der Waals surface area (Å²) in [5.74, 6) is 0. The molecule has 1 aromatic heterocycles. The number of aromatic nitrogens is 1. The Bertz CT molecular complexity index is 420. The van der Waals surface area contributed by atoms with E-state index in [0.29, 0.717) is 6.54 Å². The number of nitrogens with zero attached hydrogens (tertiary/aromatic N) is 3. The molecule has 1 atom stereocenters. The number of pyridine rings is 1. The Morgan fingerprint density at radius 3 is 3.11 bits per heavy atom. The molecule has 2 N–H and O–H groups in total. The maximum Gasteiger partial charge on any atom is 0.0542 e. The van der Waals surface area contributed by atoms with Gasteiger partial charge in [0.1, 0.15) is 0 Å². The third kappa shape index (κ3) is 3.14. The van der Waals surface area contributed by atoms with Gasteiger partial charge in [-0.05, 0) is 37.1 Å². The first-order valence-electron chi connectivity index (χ1n) is 7.45. The molecule has 1 unspecified atom stereocenters. The lowest BCUT2D eigenvalue weighted by atomic mass is 9.99. The molecule has 0 bridgehead atoms. The SMILES string of the molecule is NCc1cc(CN2CCN3CCCCC3C2)ccn1. The standard InChI is InChI=1S/C15H24N4/c16-10-14-9-13(4-5-17-14)11-18-7-8-19-6-2-1-3-15(19)12-18/h4-5,9,15H,1-3,6-8,10-12,16H2. The number of piperidine rings is 1. The average molecular weight is 260 g/mol. The van der Waals surface area contributed by atoms with E-state index in [1.54, 1.807) is 0 Å². The fourth-order valence-electron chi connectivity index (χ4n) is 3.36. The van der Waals surface area contributed by atoms with Crippen LogP contribution >= 0.6 is 0 Å². The first-order chi connectivity index (χ1) is 9.35. The third-order valence-electron chi connectivity index (χ3n) is 4.42. The molecule has 3 rings (SSSR count). The van der Waals surface area contributed by atoms with Gasteiger partial charge in [0.25, 0.3) is 0 Å². The molecule has 0 saturated carbocycles. The summed E-state index contributed by atoms with van der Waals surface area (Å²) in [6.45, 7) is 6.53. The van der Waals surface area contributed by atoms with E-state index in [0.717, 1.165) is 18.3 Å². The predicted molar refractivity (Wildman–Crippen MR) is 76.6 cm³/mol. The fourth-order valence-corrected chi connectivity index (χ4v) is 3.36. The van der Waals surface area contributed by atoms with Crippen LogP contribution < -0.4 is 5.73 Å². The van der Waals surface area contributed by atoms with Crippen LogP contribution in [0.1, 0.15) is 30.5 Å². The topological polar surface area (TPSA) is 45.4 Å². The molecular weight excluding hydrogens is 236 g/mol. The van der Waals surface area contributed by atoms with Crippen LogP contribution in [0.3, 0.4) is 0 Å². The van der Waals surface area contributed by atoms with Crippen molar-refractivity contribution >= 4 is 0 Å². The molecule has 2 aliphatic rings. The van der Waals surface area contributed by atoms with Crippen molar-refractivity contribution < 1.29 is 0 Å². The van der Waals surface area contributed by atoms with Gasteiger partial charge in [-0.1, -0.05) is 6.42 Å². The quantitative estimate of drug-likeness (QED) is 0.887. The summed E-state index contributed by atoms with van der Waals surface area (Å²) in [5.41, 5.74) is 8.00. The van der Waals surface area contributed by atoms with Crippen LogP contribution in [0.15, 0.2) is 18.3 Å². The minimum Gasteiger partial charge on any atom is -0.325 e. The summed E-state index contributed by atoms with van der Waals surface area (Å²) >= 11 is 0. The lowest BCUT2D eigenvalue weighted by Gasteiger charge is -2.44. The zero-order valence-corrected chi connectivity index (χ0v) is 11.6. The molecule has 4 heteroatoms. The van der Waals surface area contributed by atoms with E-state index in [9.17, 15) is 0 Å². The Morgan fingerprint density at radius 1 is 1.26 bits per heavy atom. The number of hydrogen-bond donors (Lipinski definition) is 1. The van der Waals surface area contributed by atoms with Crippen LogP contribution in [0.2, 0.25) is 0 Å². The highest BCUT2D eigenvalue weighted by Gasteiger charge is 2.28. The van der Waals surface area contributed by atoms with Gasteiger partial charge in [0, 0.05) is 45.0 Å². The van der Waals surface area contributed by atoms with E-state index in [4.69, 9.17) is 5.73 Å². The number of rotatable bonds is 3. The van der Waals surface area contributed by atoms with E-state index in [1.165, 1.54) is 51.0 Å². The fraction of sp³-hybridized carbons (Fsp3) is 0.667. The molecule has 1 aromatic rings. The van der Waals surface area contributed by atoms with E-state index < -0.39 is 0 Å². The molecule has 0 aliphatic carbocycles. The molecule has 0 spiro atoms. The summed E-state index contributed by atoms with van der Waals surface area (Å²) in [6, 6.07) is 5.05. The first-order valence-corrected chi connectivity index (χ1v) is 7.45. The lowest BCUT2D eigenvalue weighted by Crippen LogP contribution is -2.54. The highest BCUT2D eigenvalue weighted by molar-refractivity contribution is 5.16. The number of nitrogens with two attached hydrogens (primary N) is 1. The van der Waals surface area contributed by atoms with Gasteiger partial charge in [0.05, 0.1) is 5.69 Å². The highest BCUT2D eigenvalue weighted by Crippen LogP contribution is 2.22. The van der Waals surface area contributed by atoms with Crippen LogP contribution in [0.4, 0.5) is 0 Å². The molecule has 3 heterocycles. The van der Waals surface area contributed by atoms with E-state index in [2.05, 4.69) is 26.9 Å². The Morgan fingerprint density at radius 2 is 2.21 bits per heavy atom. The minimum absolute atomic E-state index is 0.532. The molecule has 4 nitrogen and oxygen atoms in total. The van der Waals surface area contributed by atoms with Gasteiger partial charge in [-0.25, -0.2) is 0 Å². The molecule has 19 heavy (non-hydrogen) atoms. The number of hydrogen-bond acceptors (Lipinski definition) is 4. The van der Waals surface area contributed by atoms with Crippen LogP contribution in [0.5, 0.6) is 0 Å². The Labute approximate surface area is 115 Å². The Hall–Kier alpha value is -0.970. The first kappa shape index (κ1) is 13.0. The largest absolute Gasteiger partial charge is 0.325 e. The summed E-state index contributed by atoms with van der Waals surface area (Å²) in [5, 5.41) is 0. The molecule has 2 saturated heterocycles. The second-order valence-corrected chi connectivity index (χ2v) is 5.78. The van der Waals surface area contributed by atoms with Crippen molar-refractivity contribution in [3.8, 4) is 0 Å². The van der Waals surface area contributed by atoms with Gasteiger partial charge in [0.15, 0.2) is 0 Å². The Balaban J connectivity index is 1.60. The Kier molecular flexibility index (Phi) is 4.11. The third-order valence-corrected chi connectivity index (χ3v) is 4.42. The van der Waals surface area contributed by atoms with Crippen molar-refractivity contribution in [3.63, 3.8) is 0 Å². The second kappa shape index (κ2) is 5.99. The van der Waals surface area contributed by atoms with E-state index in [-0.39, 0.29) is 0 Å². The maximum atomic E-state index is 5.66.